The number of benzene rings is 2. The van der Waals surface area contributed by atoms with E-state index in [9.17, 15) is 14.7 Å². The van der Waals surface area contributed by atoms with Gasteiger partial charge in [-0.3, -0.25) is 9.59 Å². The van der Waals surface area contributed by atoms with E-state index in [4.69, 9.17) is 4.74 Å². The van der Waals surface area contributed by atoms with E-state index in [0.717, 1.165) is 15.6 Å². The first-order valence-corrected chi connectivity index (χ1v) is 9.43. The zero-order valence-electron chi connectivity index (χ0n) is 14.8. The SMILES string of the molecule is CCOc1ccccc1NC(=O)C(=O)NCC(O)c1csc2ccccc12. The zero-order chi connectivity index (χ0) is 19.2. The molecule has 1 unspecified atom stereocenters. The number of rotatable bonds is 6. The Morgan fingerprint density at radius 2 is 1.85 bits per heavy atom. The molecular formula is C20H20N2O4S. The molecule has 0 saturated heterocycles. The summed E-state index contributed by atoms with van der Waals surface area (Å²) in [6.07, 6.45) is -0.895. The summed E-state index contributed by atoms with van der Waals surface area (Å²) in [6.45, 7) is 2.22. The first-order valence-electron chi connectivity index (χ1n) is 8.55. The molecule has 6 nitrogen and oxygen atoms in total. The van der Waals surface area contributed by atoms with Crippen molar-refractivity contribution in [2.75, 3.05) is 18.5 Å². The minimum Gasteiger partial charge on any atom is -0.492 e. The molecule has 0 fully saturated rings. The monoisotopic (exact) mass is 384 g/mol. The number of ether oxygens (including phenoxy) is 1. The molecule has 0 aliphatic carbocycles. The van der Waals surface area contributed by atoms with Gasteiger partial charge in [0.15, 0.2) is 0 Å². The summed E-state index contributed by atoms with van der Waals surface area (Å²) in [7, 11) is 0. The van der Waals surface area contributed by atoms with Gasteiger partial charge in [0.05, 0.1) is 18.4 Å². The van der Waals surface area contributed by atoms with Crippen molar-refractivity contribution in [2.24, 2.45) is 0 Å². The fraction of sp³-hybridized carbons (Fsp3) is 0.200. The summed E-state index contributed by atoms with van der Waals surface area (Å²) in [4.78, 5) is 24.2. The van der Waals surface area contributed by atoms with Crippen molar-refractivity contribution >= 4 is 38.9 Å². The third kappa shape index (κ3) is 4.45. The molecule has 1 atom stereocenters. The summed E-state index contributed by atoms with van der Waals surface area (Å²) in [5.74, 6) is -1.14. The Morgan fingerprint density at radius 1 is 1.11 bits per heavy atom. The molecule has 0 aliphatic rings. The third-order valence-electron chi connectivity index (χ3n) is 3.97. The van der Waals surface area contributed by atoms with E-state index in [1.165, 1.54) is 11.3 Å². The average Bonchev–Trinajstić information content (AvgIpc) is 3.11. The summed E-state index contributed by atoms with van der Waals surface area (Å²) < 4.78 is 6.48. The topological polar surface area (TPSA) is 87.7 Å². The van der Waals surface area contributed by atoms with Crippen LogP contribution in [0.5, 0.6) is 5.75 Å². The first kappa shape index (κ1) is 18.9. The van der Waals surface area contributed by atoms with E-state index < -0.39 is 17.9 Å². The van der Waals surface area contributed by atoms with Crippen molar-refractivity contribution in [1.82, 2.24) is 5.32 Å². The minimum atomic E-state index is -0.895. The predicted octanol–water partition coefficient (Wildman–Crippen LogP) is 3.09. The van der Waals surface area contributed by atoms with Crippen LogP contribution in [0.3, 0.4) is 0 Å². The molecule has 2 amide bonds. The van der Waals surface area contributed by atoms with Crippen molar-refractivity contribution in [3.8, 4) is 5.75 Å². The quantitative estimate of drug-likeness (QED) is 0.570. The minimum absolute atomic E-state index is 0.0555. The molecule has 140 valence electrons. The van der Waals surface area contributed by atoms with Crippen molar-refractivity contribution in [3.05, 3.63) is 59.5 Å². The first-order chi connectivity index (χ1) is 13.1. The van der Waals surface area contributed by atoms with Gasteiger partial charge in [0.25, 0.3) is 0 Å². The summed E-state index contributed by atoms with van der Waals surface area (Å²) in [5, 5.41) is 18.2. The van der Waals surface area contributed by atoms with Gasteiger partial charge in [-0.25, -0.2) is 0 Å². The second kappa shape index (κ2) is 8.66. The molecule has 1 heterocycles. The van der Waals surface area contributed by atoms with E-state index in [-0.39, 0.29) is 6.54 Å². The van der Waals surface area contributed by atoms with Gasteiger partial charge in [0.1, 0.15) is 5.75 Å². The molecule has 2 aromatic carbocycles. The Balaban J connectivity index is 1.59. The van der Waals surface area contributed by atoms with E-state index in [0.29, 0.717) is 18.0 Å². The smallest absolute Gasteiger partial charge is 0.313 e. The van der Waals surface area contributed by atoms with E-state index in [2.05, 4.69) is 10.6 Å². The highest BCUT2D eigenvalue weighted by Gasteiger charge is 2.19. The highest BCUT2D eigenvalue weighted by atomic mass is 32.1. The number of amides is 2. The molecule has 27 heavy (non-hydrogen) atoms. The number of hydrogen-bond donors (Lipinski definition) is 3. The number of thiophene rings is 1. The number of carbonyl (C=O) groups is 2. The Bertz CT molecular complexity index is 954. The molecule has 0 saturated carbocycles. The molecule has 1 aromatic heterocycles. The number of fused-ring (bicyclic) bond motifs is 1. The highest BCUT2D eigenvalue weighted by Crippen LogP contribution is 2.30. The molecule has 0 bridgehead atoms. The maximum absolute atomic E-state index is 12.1. The number of anilines is 1. The largest absolute Gasteiger partial charge is 0.492 e. The molecule has 3 aromatic rings. The van der Waals surface area contributed by atoms with Gasteiger partial charge in [-0.05, 0) is 35.9 Å². The maximum Gasteiger partial charge on any atom is 0.313 e. The average molecular weight is 384 g/mol. The molecule has 7 heteroatoms. The Morgan fingerprint density at radius 3 is 2.67 bits per heavy atom. The van der Waals surface area contributed by atoms with Crippen LogP contribution in [0, 0.1) is 0 Å². The van der Waals surface area contributed by atoms with Gasteiger partial charge in [0, 0.05) is 16.8 Å². The molecule has 0 radical (unpaired) electrons. The number of para-hydroxylation sites is 2. The van der Waals surface area contributed by atoms with Crippen molar-refractivity contribution in [1.29, 1.82) is 0 Å². The molecule has 0 spiro atoms. The summed E-state index contributed by atoms with van der Waals surface area (Å²) in [5.41, 5.74) is 1.15. The van der Waals surface area contributed by atoms with Gasteiger partial charge in [-0.2, -0.15) is 0 Å². The van der Waals surface area contributed by atoms with Crippen LogP contribution in [0.2, 0.25) is 0 Å². The van der Waals surface area contributed by atoms with Crippen LogP contribution >= 0.6 is 11.3 Å². The molecule has 3 rings (SSSR count). The normalized spacial score (nSPS) is 11.8. The third-order valence-corrected chi connectivity index (χ3v) is 4.95. The van der Waals surface area contributed by atoms with Gasteiger partial charge >= 0.3 is 11.8 Å². The lowest BCUT2D eigenvalue weighted by Gasteiger charge is -2.13. The Hall–Kier alpha value is -2.90. The predicted molar refractivity (Wildman–Crippen MR) is 106 cm³/mol. The maximum atomic E-state index is 12.1. The van der Waals surface area contributed by atoms with Gasteiger partial charge in [-0.1, -0.05) is 30.3 Å². The van der Waals surface area contributed by atoms with Gasteiger partial charge in [0.2, 0.25) is 0 Å². The van der Waals surface area contributed by atoms with Crippen LogP contribution in [-0.2, 0) is 9.59 Å². The number of aliphatic hydroxyl groups excluding tert-OH is 1. The van der Waals surface area contributed by atoms with Crippen molar-refractivity contribution in [3.63, 3.8) is 0 Å². The van der Waals surface area contributed by atoms with Crippen molar-refractivity contribution < 1.29 is 19.4 Å². The van der Waals surface area contributed by atoms with Crippen LogP contribution in [0.15, 0.2) is 53.9 Å². The van der Waals surface area contributed by atoms with Gasteiger partial charge < -0.3 is 20.5 Å². The van der Waals surface area contributed by atoms with Gasteiger partial charge in [-0.15, -0.1) is 11.3 Å². The lowest BCUT2D eigenvalue weighted by Crippen LogP contribution is -2.37. The molecule has 3 N–H and O–H groups in total. The zero-order valence-corrected chi connectivity index (χ0v) is 15.6. The fourth-order valence-corrected chi connectivity index (χ4v) is 3.67. The second-order valence-electron chi connectivity index (χ2n) is 5.80. The van der Waals surface area contributed by atoms with Crippen LogP contribution in [0.25, 0.3) is 10.1 Å². The number of carbonyl (C=O) groups excluding carboxylic acids is 2. The number of aliphatic hydroxyl groups is 1. The van der Waals surface area contributed by atoms with Crippen LogP contribution in [0.4, 0.5) is 5.69 Å². The lowest BCUT2D eigenvalue weighted by atomic mass is 10.1. The highest BCUT2D eigenvalue weighted by molar-refractivity contribution is 7.17. The fourth-order valence-electron chi connectivity index (χ4n) is 2.67. The standard InChI is InChI=1S/C20H20N2O4S/c1-2-26-17-9-5-4-8-15(17)22-20(25)19(24)21-11-16(23)14-12-27-18-10-6-3-7-13(14)18/h3-10,12,16,23H,2,11H2,1H3,(H,21,24)(H,22,25). The molecular weight excluding hydrogens is 364 g/mol. The van der Waals surface area contributed by atoms with Crippen LogP contribution in [0.1, 0.15) is 18.6 Å². The summed E-state index contributed by atoms with van der Waals surface area (Å²) >= 11 is 1.52. The van der Waals surface area contributed by atoms with E-state index in [1.54, 1.807) is 24.3 Å². The van der Waals surface area contributed by atoms with E-state index in [1.807, 2.05) is 36.6 Å². The van der Waals surface area contributed by atoms with Crippen molar-refractivity contribution in [2.45, 2.75) is 13.0 Å². The summed E-state index contributed by atoms with van der Waals surface area (Å²) in [6, 6.07) is 14.6. The lowest BCUT2D eigenvalue weighted by molar-refractivity contribution is -0.136. The Labute approximate surface area is 160 Å². The number of nitrogens with one attached hydrogen (secondary N) is 2. The van der Waals surface area contributed by atoms with E-state index >= 15 is 0 Å². The second-order valence-corrected chi connectivity index (χ2v) is 6.71. The molecule has 0 aliphatic heterocycles. The van der Waals surface area contributed by atoms with Crippen LogP contribution < -0.4 is 15.4 Å². The van der Waals surface area contributed by atoms with Crippen LogP contribution in [-0.4, -0.2) is 30.1 Å². The number of hydrogen-bond acceptors (Lipinski definition) is 5. The Kier molecular flexibility index (Phi) is 6.05.